The molecule has 0 radical (unpaired) electrons. The van der Waals surface area contributed by atoms with Crippen molar-refractivity contribution in [2.45, 2.75) is 13.3 Å². The molecule has 5 N–H and O–H groups in total. The van der Waals surface area contributed by atoms with Crippen molar-refractivity contribution in [1.29, 1.82) is 0 Å². The average Bonchev–Trinajstić information content (AvgIpc) is 2.63. The van der Waals surface area contributed by atoms with Gasteiger partial charge in [-0.1, -0.05) is 11.6 Å². The van der Waals surface area contributed by atoms with Crippen molar-refractivity contribution in [3.63, 3.8) is 0 Å². The van der Waals surface area contributed by atoms with Crippen molar-refractivity contribution in [3.8, 4) is 11.6 Å². The van der Waals surface area contributed by atoms with Crippen LogP contribution < -0.4 is 26.7 Å². The second-order valence-electron chi connectivity index (χ2n) is 5.44. The number of aromatic nitrogens is 2. The zero-order chi connectivity index (χ0) is 17.8. The molecule has 0 aliphatic carbocycles. The number of nitrogens with one attached hydrogen (secondary N) is 3. The van der Waals surface area contributed by atoms with Gasteiger partial charge in [-0.25, -0.2) is 0 Å². The fourth-order valence-electron chi connectivity index (χ4n) is 2.43. The number of H-pyrrole nitrogens is 1. The molecule has 2 aromatic rings. The van der Waals surface area contributed by atoms with Gasteiger partial charge in [0, 0.05) is 42.1 Å². The Morgan fingerprint density at radius 1 is 1.36 bits per heavy atom. The average molecular weight is 363 g/mol. The highest BCUT2D eigenvalue weighted by atomic mass is 35.5. The Labute approximate surface area is 149 Å². The van der Waals surface area contributed by atoms with Crippen molar-refractivity contribution in [2.24, 2.45) is 10.9 Å². The van der Waals surface area contributed by atoms with E-state index in [9.17, 15) is 0 Å². The zero-order valence-electron chi connectivity index (χ0n) is 13.8. The molecule has 132 valence electrons. The third kappa shape index (κ3) is 3.93. The summed E-state index contributed by atoms with van der Waals surface area (Å²) in [5, 5.41) is 17.4. The first-order chi connectivity index (χ1) is 12.1. The zero-order valence-corrected chi connectivity index (χ0v) is 14.6. The molecule has 0 saturated heterocycles. The Morgan fingerprint density at radius 2 is 2.20 bits per heavy atom. The first kappa shape index (κ1) is 17.3. The number of aromatic amines is 1. The van der Waals surface area contributed by atoms with Gasteiger partial charge in [-0.15, -0.1) is 5.10 Å². The number of aryl methyl sites for hydroxylation is 1. The summed E-state index contributed by atoms with van der Waals surface area (Å²) in [4.78, 5) is 0. The van der Waals surface area contributed by atoms with Crippen LogP contribution in [0.4, 0.5) is 0 Å². The monoisotopic (exact) mass is 362 g/mol. The van der Waals surface area contributed by atoms with Gasteiger partial charge in [-0.2, -0.15) is 5.10 Å². The molecule has 2 heterocycles. The SMILES string of the molecule is COC1NC=C(c2cc(Cl)ccc2Oc2cc(C)/c(=N/N)[nH]n2)CN1. The predicted molar refractivity (Wildman–Crippen MR) is 94.5 cm³/mol. The van der Waals surface area contributed by atoms with Crippen LogP contribution in [-0.2, 0) is 4.74 Å². The minimum absolute atomic E-state index is 0.223. The van der Waals surface area contributed by atoms with E-state index < -0.39 is 0 Å². The fourth-order valence-corrected chi connectivity index (χ4v) is 2.61. The number of hydrogen-bond acceptors (Lipinski definition) is 7. The Morgan fingerprint density at radius 3 is 2.84 bits per heavy atom. The first-order valence-electron chi connectivity index (χ1n) is 7.60. The van der Waals surface area contributed by atoms with Gasteiger partial charge in [-0.3, -0.25) is 10.4 Å². The van der Waals surface area contributed by atoms with Gasteiger partial charge in [0.05, 0.1) is 0 Å². The van der Waals surface area contributed by atoms with E-state index in [1.807, 2.05) is 19.2 Å². The largest absolute Gasteiger partial charge is 0.437 e. The topological polar surface area (TPSA) is 110 Å². The van der Waals surface area contributed by atoms with Crippen LogP contribution >= 0.6 is 11.6 Å². The van der Waals surface area contributed by atoms with Gasteiger partial charge in [0.15, 0.2) is 11.8 Å². The second kappa shape index (κ2) is 7.56. The van der Waals surface area contributed by atoms with E-state index in [4.69, 9.17) is 26.9 Å². The molecular weight excluding hydrogens is 344 g/mol. The number of hydrogen-bond donors (Lipinski definition) is 4. The van der Waals surface area contributed by atoms with Gasteiger partial charge in [0.25, 0.3) is 0 Å². The standard InChI is InChI=1S/C16H19ClN6O2/c1-9-5-14(22-23-15(9)21-18)25-13-4-3-11(17)6-12(13)10-7-19-16(24-2)20-8-10/h3-7,16,19-20H,8,18H2,1-2H3,(H,21,23). The molecule has 1 unspecified atom stereocenters. The van der Waals surface area contributed by atoms with Crippen LogP contribution in [0.15, 0.2) is 35.6 Å². The van der Waals surface area contributed by atoms with Gasteiger partial charge in [0.2, 0.25) is 5.88 Å². The molecule has 1 atom stereocenters. The van der Waals surface area contributed by atoms with E-state index in [1.54, 1.807) is 25.3 Å². The van der Waals surface area contributed by atoms with Crippen molar-refractivity contribution < 1.29 is 9.47 Å². The lowest BCUT2D eigenvalue weighted by Crippen LogP contribution is -2.45. The minimum atomic E-state index is -0.223. The summed E-state index contributed by atoms with van der Waals surface area (Å²) in [7, 11) is 1.62. The van der Waals surface area contributed by atoms with Crippen LogP contribution in [0.1, 0.15) is 11.1 Å². The maximum atomic E-state index is 6.16. The molecule has 1 aromatic heterocycles. The van der Waals surface area contributed by atoms with Crippen molar-refractivity contribution >= 4 is 17.2 Å². The maximum Gasteiger partial charge on any atom is 0.236 e. The molecule has 1 aromatic carbocycles. The normalized spacial score (nSPS) is 17.8. The summed E-state index contributed by atoms with van der Waals surface area (Å²) in [6, 6.07) is 7.18. The number of ether oxygens (including phenoxy) is 2. The molecule has 1 aliphatic rings. The summed E-state index contributed by atoms with van der Waals surface area (Å²) >= 11 is 6.16. The van der Waals surface area contributed by atoms with E-state index in [2.05, 4.69) is 25.9 Å². The quantitative estimate of drug-likeness (QED) is 0.483. The van der Waals surface area contributed by atoms with E-state index in [1.165, 1.54) is 0 Å². The lowest BCUT2D eigenvalue weighted by molar-refractivity contribution is 0.0578. The number of nitrogens with zero attached hydrogens (tertiary/aromatic N) is 2. The molecule has 25 heavy (non-hydrogen) atoms. The Balaban J connectivity index is 1.92. The van der Waals surface area contributed by atoms with Gasteiger partial charge in [-0.05, 0) is 30.7 Å². The minimum Gasteiger partial charge on any atom is -0.437 e. The van der Waals surface area contributed by atoms with E-state index in [-0.39, 0.29) is 6.35 Å². The third-order valence-corrected chi connectivity index (χ3v) is 3.97. The molecule has 0 amide bonds. The molecule has 0 spiro atoms. The second-order valence-corrected chi connectivity index (χ2v) is 5.88. The van der Waals surface area contributed by atoms with E-state index >= 15 is 0 Å². The van der Waals surface area contributed by atoms with Crippen molar-refractivity contribution in [3.05, 3.63) is 52.1 Å². The molecule has 0 fully saturated rings. The maximum absolute atomic E-state index is 6.16. The van der Waals surface area contributed by atoms with Crippen molar-refractivity contribution in [2.75, 3.05) is 13.7 Å². The number of halogens is 1. The highest BCUT2D eigenvalue weighted by molar-refractivity contribution is 6.30. The van der Waals surface area contributed by atoms with E-state index in [0.717, 1.165) is 16.7 Å². The lowest BCUT2D eigenvalue weighted by Gasteiger charge is -2.25. The first-order valence-corrected chi connectivity index (χ1v) is 7.98. The summed E-state index contributed by atoms with van der Waals surface area (Å²) in [6.07, 6.45) is 1.66. The van der Waals surface area contributed by atoms with Crippen LogP contribution in [0.3, 0.4) is 0 Å². The summed E-state index contributed by atoms with van der Waals surface area (Å²) < 4.78 is 11.1. The predicted octanol–water partition coefficient (Wildman–Crippen LogP) is 1.40. The molecule has 0 bridgehead atoms. The van der Waals surface area contributed by atoms with Gasteiger partial charge < -0.3 is 20.6 Å². The van der Waals surface area contributed by atoms with Crippen LogP contribution in [-0.4, -0.2) is 30.2 Å². The molecule has 9 heteroatoms. The summed E-state index contributed by atoms with van der Waals surface area (Å²) in [6.45, 7) is 2.47. The molecular formula is C16H19ClN6O2. The molecule has 1 aliphatic heterocycles. The number of rotatable bonds is 4. The summed E-state index contributed by atoms with van der Waals surface area (Å²) in [5.41, 5.74) is 3.16. The molecule has 3 rings (SSSR count). The van der Waals surface area contributed by atoms with Gasteiger partial charge in [0.1, 0.15) is 5.75 Å². The number of nitrogens with two attached hydrogens (primary N) is 1. The van der Waals surface area contributed by atoms with Gasteiger partial charge >= 0.3 is 0 Å². The smallest absolute Gasteiger partial charge is 0.236 e. The highest BCUT2D eigenvalue weighted by Gasteiger charge is 2.17. The van der Waals surface area contributed by atoms with Crippen LogP contribution in [0.25, 0.3) is 5.57 Å². The molecule has 8 nitrogen and oxygen atoms in total. The number of methoxy groups -OCH3 is 1. The number of benzene rings is 1. The summed E-state index contributed by atoms with van der Waals surface area (Å²) in [5.74, 6) is 6.32. The molecule has 0 saturated carbocycles. The van der Waals surface area contributed by atoms with Crippen LogP contribution in [0.2, 0.25) is 5.02 Å². The fraction of sp³-hybridized carbons (Fsp3) is 0.250. The van der Waals surface area contributed by atoms with Crippen LogP contribution in [0, 0.1) is 6.92 Å². The highest BCUT2D eigenvalue weighted by Crippen LogP contribution is 2.32. The third-order valence-electron chi connectivity index (χ3n) is 3.74. The Hall–Kier alpha value is -2.55. The Bertz CT molecular complexity index is 864. The van der Waals surface area contributed by atoms with Crippen LogP contribution in [0.5, 0.6) is 11.6 Å². The Kier molecular flexibility index (Phi) is 5.22. The lowest BCUT2D eigenvalue weighted by atomic mass is 10.0. The van der Waals surface area contributed by atoms with Crippen molar-refractivity contribution in [1.82, 2.24) is 20.8 Å². The van der Waals surface area contributed by atoms with E-state index in [0.29, 0.717) is 28.7 Å².